The maximum Gasteiger partial charge on any atom is 0.326 e. The monoisotopic (exact) mass is 292 g/mol. The predicted molar refractivity (Wildman–Crippen MR) is 78.7 cm³/mol. The lowest BCUT2D eigenvalue weighted by Gasteiger charge is -2.28. The van der Waals surface area contributed by atoms with Gasteiger partial charge in [-0.3, -0.25) is 4.79 Å². The number of carbonyl (C=O) groups is 2. The van der Waals surface area contributed by atoms with Crippen molar-refractivity contribution in [3.63, 3.8) is 0 Å². The van der Waals surface area contributed by atoms with Crippen molar-refractivity contribution in [1.82, 2.24) is 5.32 Å². The van der Waals surface area contributed by atoms with Gasteiger partial charge in [0.2, 0.25) is 0 Å². The van der Waals surface area contributed by atoms with Crippen LogP contribution in [0.1, 0.15) is 23.7 Å². The molecule has 0 radical (unpaired) electrons. The maximum absolute atomic E-state index is 12.0. The molecular formula is C15H20N2O4. The molecule has 21 heavy (non-hydrogen) atoms. The van der Waals surface area contributed by atoms with Crippen LogP contribution in [0.2, 0.25) is 0 Å². The van der Waals surface area contributed by atoms with E-state index < -0.39 is 12.0 Å². The zero-order valence-corrected chi connectivity index (χ0v) is 12.0. The van der Waals surface area contributed by atoms with Gasteiger partial charge in [-0.2, -0.15) is 0 Å². The third-order valence-corrected chi connectivity index (χ3v) is 3.52. The molecule has 1 aromatic carbocycles. The number of amides is 1. The molecule has 0 saturated carbocycles. The Balaban J connectivity index is 2.00. The maximum atomic E-state index is 12.0. The molecule has 1 unspecified atom stereocenters. The third kappa shape index (κ3) is 3.95. The fraction of sp³-hybridized carbons (Fsp3) is 0.467. The molecule has 1 fully saturated rings. The Labute approximate surface area is 123 Å². The number of carboxylic acids is 1. The minimum absolute atomic E-state index is 0.354. The molecular weight excluding hydrogens is 272 g/mol. The lowest BCUT2D eigenvalue weighted by Crippen LogP contribution is -2.40. The van der Waals surface area contributed by atoms with E-state index in [0.717, 1.165) is 18.8 Å². The Hall–Kier alpha value is -2.08. The number of hydrogen-bond acceptors (Lipinski definition) is 4. The van der Waals surface area contributed by atoms with Gasteiger partial charge in [-0.25, -0.2) is 4.79 Å². The average molecular weight is 292 g/mol. The van der Waals surface area contributed by atoms with Gasteiger partial charge in [0.25, 0.3) is 5.91 Å². The number of ether oxygens (including phenoxy) is 1. The first kappa shape index (κ1) is 15.3. The number of benzene rings is 1. The largest absolute Gasteiger partial charge is 0.480 e. The second-order valence-corrected chi connectivity index (χ2v) is 4.92. The molecule has 1 heterocycles. The first-order chi connectivity index (χ1) is 10.1. The van der Waals surface area contributed by atoms with Crippen molar-refractivity contribution in [1.29, 1.82) is 0 Å². The SMILES string of the molecule is CCC(NC(=O)c1ccc(N2CCOCC2)cc1)C(=O)O. The Morgan fingerprint density at radius 2 is 1.90 bits per heavy atom. The molecule has 0 spiro atoms. The number of rotatable bonds is 5. The quantitative estimate of drug-likeness (QED) is 0.850. The van der Waals surface area contributed by atoms with E-state index in [9.17, 15) is 9.59 Å². The molecule has 0 aromatic heterocycles. The zero-order chi connectivity index (χ0) is 15.2. The second kappa shape index (κ2) is 7.08. The number of carbonyl (C=O) groups excluding carboxylic acids is 1. The summed E-state index contributed by atoms with van der Waals surface area (Å²) in [6.07, 6.45) is 0.354. The number of nitrogens with zero attached hydrogens (tertiary/aromatic N) is 1. The smallest absolute Gasteiger partial charge is 0.326 e. The van der Waals surface area contributed by atoms with Gasteiger partial charge in [0.1, 0.15) is 6.04 Å². The van der Waals surface area contributed by atoms with Crippen molar-refractivity contribution in [2.45, 2.75) is 19.4 Å². The molecule has 114 valence electrons. The van der Waals surface area contributed by atoms with E-state index in [-0.39, 0.29) is 5.91 Å². The molecule has 6 nitrogen and oxygen atoms in total. The molecule has 1 atom stereocenters. The van der Waals surface area contributed by atoms with Crippen LogP contribution in [0.5, 0.6) is 0 Å². The molecule has 0 aliphatic carbocycles. The lowest BCUT2D eigenvalue weighted by molar-refractivity contribution is -0.139. The fourth-order valence-corrected chi connectivity index (χ4v) is 2.23. The van der Waals surface area contributed by atoms with Crippen LogP contribution in [0.4, 0.5) is 5.69 Å². The van der Waals surface area contributed by atoms with Crippen molar-refractivity contribution in [2.75, 3.05) is 31.2 Å². The van der Waals surface area contributed by atoms with Gasteiger partial charge in [-0.05, 0) is 30.7 Å². The summed E-state index contributed by atoms with van der Waals surface area (Å²) in [7, 11) is 0. The van der Waals surface area contributed by atoms with Crippen molar-refractivity contribution in [3.8, 4) is 0 Å². The number of hydrogen-bond donors (Lipinski definition) is 2. The van der Waals surface area contributed by atoms with E-state index in [1.54, 1.807) is 19.1 Å². The van der Waals surface area contributed by atoms with Crippen molar-refractivity contribution in [3.05, 3.63) is 29.8 Å². The third-order valence-electron chi connectivity index (χ3n) is 3.52. The molecule has 1 saturated heterocycles. The molecule has 2 rings (SSSR count). The van der Waals surface area contributed by atoms with Crippen molar-refractivity contribution in [2.24, 2.45) is 0 Å². The Morgan fingerprint density at radius 1 is 1.29 bits per heavy atom. The minimum Gasteiger partial charge on any atom is -0.480 e. The van der Waals surface area contributed by atoms with E-state index >= 15 is 0 Å². The summed E-state index contributed by atoms with van der Waals surface area (Å²) in [5.41, 5.74) is 1.51. The average Bonchev–Trinajstić information content (AvgIpc) is 2.53. The Morgan fingerprint density at radius 3 is 2.43 bits per heavy atom. The van der Waals surface area contributed by atoms with E-state index in [1.807, 2.05) is 12.1 Å². The van der Waals surface area contributed by atoms with Gasteiger partial charge in [0, 0.05) is 24.3 Å². The lowest BCUT2D eigenvalue weighted by atomic mass is 10.1. The molecule has 1 aliphatic heterocycles. The summed E-state index contributed by atoms with van der Waals surface area (Å²) in [6.45, 7) is 4.81. The van der Waals surface area contributed by atoms with Gasteiger partial charge < -0.3 is 20.1 Å². The summed E-state index contributed by atoms with van der Waals surface area (Å²) in [4.78, 5) is 25.1. The fourth-order valence-electron chi connectivity index (χ4n) is 2.23. The van der Waals surface area contributed by atoms with Gasteiger partial charge in [-0.1, -0.05) is 6.92 Å². The highest BCUT2D eigenvalue weighted by Gasteiger charge is 2.18. The number of nitrogens with one attached hydrogen (secondary N) is 1. The van der Waals surface area contributed by atoms with Crippen LogP contribution in [0, 0.1) is 0 Å². The Bertz CT molecular complexity index is 495. The van der Waals surface area contributed by atoms with Crippen LogP contribution in [0.25, 0.3) is 0 Å². The Kier molecular flexibility index (Phi) is 5.16. The molecule has 1 aliphatic rings. The van der Waals surface area contributed by atoms with E-state index in [4.69, 9.17) is 9.84 Å². The van der Waals surface area contributed by atoms with Crippen LogP contribution >= 0.6 is 0 Å². The molecule has 1 amide bonds. The highest BCUT2D eigenvalue weighted by molar-refractivity contribution is 5.96. The van der Waals surface area contributed by atoms with Gasteiger partial charge >= 0.3 is 5.97 Å². The highest BCUT2D eigenvalue weighted by Crippen LogP contribution is 2.16. The molecule has 0 bridgehead atoms. The van der Waals surface area contributed by atoms with Crippen molar-refractivity contribution >= 4 is 17.6 Å². The second-order valence-electron chi connectivity index (χ2n) is 4.92. The molecule has 2 N–H and O–H groups in total. The van der Waals surface area contributed by atoms with Gasteiger partial charge in [-0.15, -0.1) is 0 Å². The van der Waals surface area contributed by atoms with E-state index in [1.165, 1.54) is 0 Å². The standard InChI is InChI=1S/C15H20N2O4/c1-2-13(15(19)20)16-14(18)11-3-5-12(6-4-11)17-7-9-21-10-8-17/h3-6,13H,2,7-10H2,1H3,(H,16,18)(H,19,20). The zero-order valence-electron chi connectivity index (χ0n) is 12.0. The van der Waals surface area contributed by atoms with Crippen LogP contribution < -0.4 is 10.2 Å². The van der Waals surface area contributed by atoms with Crippen LogP contribution in [0.3, 0.4) is 0 Å². The van der Waals surface area contributed by atoms with Gasteiger partial charge in [0.05, 0.1) is 13.2 Å². The number of morpholine rings is 1. The first-order valence-corrected chi connectivity index (χ1v) is 7.08. The van der Waals surface area contributed by atoms with E-state index in [0.29, 0.717) is 25.2 Å². The first-order valence-electron chi connectivity index (χ1n) is 7.08. The normalized spacial score (nSPS) is 16.3. The van der Waals surface area contributed by atoms with Crippen LogP contribution in [0.15, 0.2) is 24.3 Å². The molecule has 6 heteroatoms. The summed E-state index contributed by atoms with van der Waals surface area (Å²) in [5.74, 6) is -1.38. The van der Waals surface area contributed by atoms with Crippen LogP contribution in [-0.4, -0.2) is 49.3 Å². The van der Waals surface area contributed by atoms with E-state index in [2.05, 4.69) is 10.2 Å². The van der Waals surface area contributed by atoms with Gasteiger partial charge in [0.15, 0.2) is 0 Å². The highest BCUT2D eigenvalue weighted by atomic mass is 16.5. The van der Waals surface area contributed by atoms with Crippen molar-refractivity contribution < 1.29 is 19.4 Å². The number of carboxylic acid groups (broad SMARTS) is 1. The predicted octanol–water partition coefficient (Wildman–Crippen LogP) is 1.12. The number of aliphatic carboxylic acids is 1. The summed E-state index contributed by atoms with van der Waals surface area (Å²) >= 11 is 0. The molecule has 1 aromatic rings. The van der Waals surface area contributed by atoms with Crippen LogP contribution in [-0.2, 0) is 9.53 Å². The summed E-state index contributed by atoms with van der Waals surface area (Å²) in [5, 5.41) is 11.5. The topological polar surface area (TPSA) is 78.9 Å². The summed E-state index contributed by atoms with van der Waals surface area (Å²) in [6, 6.07) is 6.34. The minimum atomic E-state index is -1.02. The number of anilines is 1. The summed E-state index contributed by atoms with van der Waals surface area (Å²) < 4.78 is 5.30.